The van der Waals surface area contributed by atoms with Crippen molar-refractivity contribution in [3.63, 3.8) is 0 Å². The SMILES string of the molecule is COc1ccc2nc(C(F)(F)F)c3c(c2c1)[C@@H](F)C[C@]1(CN2C(=O)[C@@H](NC(=O)OC(C)(C)C)CCCCC/C=C\[C@@H]4C[C@@]4(C(=O)NS(=O)(=O)C4(C)CC4)NC(=O)[C@@H]2C1C)O3. The van der Waals surface area contributed by atoms with Crippen LogP contribution >= 0.6 is 0 Å². The molecule has 7 rings (SSSR count). The molecule has 60 heavy (non-hydrogen) atoms. The molecule has 1 aromatic heterocycles. The van der Waals surface area contributed by atoms with E-state index < -0.39 is 122 Å². The predicted octanol–water partition coefficient (Wildman–Crippen LogP) is 5.93. The summed E-state index contributed by atoms with van der Waals surface area (Å²) >= 11 is 0. The monoisotopic (exact) mass is 865 g/mol. The van der Waals surface area contributed by atoms with Gasteiger partial charge in [0, 0.05) is 29.2 Å². The van der Waals surface area contributed by atoms with Crippen LogP contribution in [0.1, 0.15) is 110 Å². The molecule has 3 aliphatic heterocycles. The van der Waals surface area contributed by atoms with Gasteiger partial charge in [0.2, 0.25) is 21.8 Å². The number of benzene rings is 1. The zero-order chi connectivity index (χ0) is 43.8. The van der Waals surface area contributed by atoms with Crippen molar-refractivity contribution in [1.82, 2.24) is 25.2 Å². The van der Waals surface area contributed by atoms with Crippen LogP contribution in [0.2, 0.25) is 0 Å². The summed E-state index contributed by atoms with van der Waals surface area (Å²) in [6.07, 6.45) is -2.14. The molecular weight excluding hydrogens is 815 g/mol. The van der Waals surface area contributed by atoms with E-state index in [1.807, 2.05) is 6.08 Å². The molecule has 2 aliphatic carbocycles. The number of sulfonamides is 1. The molecule has 1 aromatic carbocycles. The average Bonchev–Trinajstić information content (AvgIpc) is 4.05. The molecule has 0 bridgehead atoms. The van der Waals surface area contributed by atoms with E-state index >= 15 is 4.39 Å². The van der Waals surface area contributed by atoms with Crippen molar-refractivity contribution in [2.45, 2.75) is 138 Å². The van der Waals surface area contributed by atoms with Crippen LogP contribution in [0.5, 0.6) is 11.5 Å². The Morgan fingerprint density at radius 3 is 2.45 bits per heavy atom. The Kier molecular flexibility index (Phi) is 10.9. The molecule has 2 aromatic rings. The van der Waals surface area contributed by atoms with E-state index in [4.69, 9.17) is 14.2 Å². The number of halogens is 4. The number of nitrogens with one attached hydrogen (secondary N) is 3. The highest BCUT2D eigenvalue weighted by molar-refractivity contribution is 7.91. The Balaban J connectivity index is 1.32. The average molecular weight is 866 g/mol. The summed E-state index contributed by atoms with van der Waals surface area (Å²) in [6.45, 7) is 7.25. The van der Waals surface area contributed by atoms with E-state index in [-0.39, 0.29) is 29.5 Å². The maximum absolute atomic E-state index is 17.0. The highest BCUT2D eigenvalue weighted by Crippen LogP contribution is 2.55. The molecule has 0 radical (unpaired) electrons. The second kappa shape index (κ2) is 15.0. The minimum absolute atomic E-state index is 0.0178. The van der Waals surface area contributed by atoms with Gasteiger partial charge in [-0.1, -0.05) is 31.9 Å². The van der Waals surface area contributed by atoms with Gasteiger partial charge in [0.1, 0.15) is 40.7 Å². The summed E-state index contributed by atoms with van der Waals surface area (Å²) < 4.78 is 106. The molecule has 3 fully saturated rings. The van der Waals surface area contributed by atoms with Crippen molar-refractivity contribution < 1.29 is 59.4 Å². The number of alkyl carbamates (subject to hydrolysis) is 1. The fraction of sp³-hybridized carbons (Fsp3) is 0.634. The minimum Gasteiger partial charge on any atom is -0.497 e. The number of hydrogen-bond donors (Lipinski definition) is 3. The van der Waals surface area contributed by atoms with E-state index in [2.05, 4.69) is 20.3 Å². The van der Waals surface area contributed by atoms with E-state index in [1.165, 1.54) is 39.2 Å². The first-order chi connectivity index (χ1) is 27.9. The van der Waals surface area contributed by atoms with Gasteiger partial charge in [0.05, 0.1) is 23.9 Å². The number of hydrogen-bond acceptors (Lipinski definition) is 10. The standard InChI is InChI=1S/C41H51F4N5O9S/c1-22-30-33(51)48-40(35(53)49-60(55,56)38(5)16-17-38)19-23(40)12-10-8-7-9-11-13-28(47-36(54)59-37(2,3)4)34(52)50(30)21-39(22)20-26(42)29-25-18-24(57-6)14-15-27(25)46-32(31(29)58-39)41(43,44)45/h10,12,14-15,18,22-23,26,28,30H,7-9,11,13,16-17,19-21H2,1-6H3,(H,47,54)(H,48,51)(H,49,53)/b12-10-/t22?,23-,26+,28+,30+,39-,40-/m1/s1. The van der Waals surface area contributed by atoms with Gasteiger partial charge >= 0.3 is 12.3 Å². The first-order valence-corrected chi connectivity index (χ1v) is 21.7. The number of pyridine rings is 1. The zero-order valence-corrected chi connectivity index (χ0v) is 35.1. The second-order valence-corrected chi connectivity index (χ2v) is 20.2. The molecule has 328 valence electrons. The van der Waals surface area contributed by atoms with Gasteiger partial charge < -0.3 is 29.7 Å². The van der Waals surface area contributed by atoms with Crippen molar-refractivity contribution >= 4 is 44.7 Å². The lowest BCUT2D eigenvalue weighted by atomic mass is 9.79. The Bertz CT molecular complexity index is 2240. The van der Waals surface area contributed by atoms with Gasteiger partial charge in [-0.25, -0.2) is 22.6 Å². The third-order valence-corrected chi connectivity index (χ3v) is 14.7. The van der Waals surface area contributed by atoms with E-state index in [0.717, 1.165) is 4.90 Å². The van der Waals surface area contributed by atoms with Crippen LogP contribution in [0.25, 0.3) is 10.9 Å². The smallest absolute Gasteiger partial charge is 0.437 e. The highest BCUT2D eigenvalue weighted by atomic mass is 32.2. The molecule has 7 atom stereocenters. The lowest BCUT2D eigenvalue weighted by Crippen LogP contribution is -2.59. The Hall–Kier alpha value is -4.68. The van der Waals surface area contributed by atoms with Crippen molar-refractivity contribution in [3.8, 4) is 11.5 Å². The number of allylic oxidation sites excluding steroid dienone is 1. The van der Waals surface area contributed by atoms with Crippen molar-refractivity contribution in [3.05, 3.63) is 41.6 Å². The number of carbonyl (C=O) groups is 4. The molecule has 4 heterocycles. The summed E-state index contributed by atoms with van der Waals surface area (Å²) in [7, 11) is -2.81. The number of aromatic nitrogens is 1. The third-order valence-electron chi connectivity index (χ3n) is 12.5. The maximum Gasteiger partial charge on any atom is 0.437 e. The van der Waals surface area contributed by atoms with Gasteiger partial charge in [0.15, 0.2) is 11.4 Å². The van der Waals surface area contributed by atoms with Crippen molar-refractivity contribution in [1.29, 1.82) is 0 Å². The number of methoxy groups -OCH3 is 1. The number of carbonyl (C=O) groups excluding carboxylic acids is 4. The van der Waals surface area contributed by atoms with Crippen LogP contribution in [0, 0.1) is 11.8 Å². The fourth-order valence-electron chi connectivity index (χ4n) is 8.69. The zero-order valence-electron chi connectivity index (χ0n) is 34.3. The maximum atomic E-state index is 17.0. The topological polar surface area (TPSA) is 182 Å². The number of nitrogens with zero attached hydrogens (tertiary/aromatic N) is 2. The Labute approximate surface area is 345 Å². The first-order valence-electron chi connectivity index (χ1n) is 20.2. The summed E-state index contributed by atoms with van der Waals surface area (Å²) in [5, 5.41) is 5.37. The molecular formula is C41H51F4N5O9S. The van der Waals surface area contributed by atoms with Crippen molar-refractivity contribution in [2.24, 2.45) is 11.8 Å². The molecule has 19 heteroatoms. The second-order valence-electron chi connectivity index (χ2n) is 18.0. The summed E-state index contributed by atoms with van der Waals surface area (Å²) in [4.78, 5) is 61.7. The van der Waals surface area contributed by atoms with E-state index in [9.17, 15) is 40.8 Å². The third kappa shape index (κ3) is 7.97. The molecule has 1 saturated heterocycles. The van der Waals surface area contributed by atoms with Gasteiger partial charge in [-0.3, -0.25) is 19.1 Å². The van der Waals surface area contributed by atoms with E-state index in [1.54, 1.807) is 26.8 Å². The van der Waals surface area contributed by atoms with E-state index in [0.29, 0.717) is 38.5 Å². The van der Waals surface area contributed by atoms with Crippen molar-refractivity contribution in [2.75, 3.05) is 13.7 Å². The fourth-order valence-corrected chi connectivity index (χ4v) is 10.0. The summed E-state index contributed by atoms with van der Waals surface area (Å²) in [6, 6.07) is 1.13. The highest BCUT2D eigenvalue weighted by Gasteiger charge is 2.66. The number of alkyl halides is 4. The van der Waals surface area contributed by atoms with Gasteiger partial charge in [0.25, 0.3) is 5.91 Å². The largest absolute Gasteiger partial charge is 0.497 e. The normalized spacial score (nSPS) is 31.0. The van der Waals surface area contributed by atoms with Crippen LogP contribution in [0.15, 0.2) is 30.4 Å². The molecule has 1 unspecified atom stereocenters. The number of ether oxygens (including phenoxy) is 3. The molecule has 1 spiro atoms. The van der Waals surface area contributed by atoms with Gasteiger partial charge in [-0.15, -0.1) is 0 Å². The minimum atomic E-state index is -5.12. The van der Waals surface area contributed by atoms with Crippen LogP contribution in [0.3, 0.4) is 0 Å². The van der Waals surface area contributed by atoms with Crippen LogP contribution in [-0.2, 0) is 35.3 Å². The summed E-state index contributed by atoms with van der Waals surface area (Å²) in [5.74, 6) is -5.26. The number of amides is 4. The molecule has 2 saturated carbocycles. The Morgan fingerprint density at radius 1 is 1.08 bits per heavy atom. The van der Waals surface area contributed by atoms with Crippen LogP contribution < -0.4 is 24.8 Å². The predicted molar refractivity (Wildman–Crippen MR) is 209 cm³/mol. The van der Waals surface area contributed by atoms with Crippen LogP contribution in [0.4, 0.5) is 22.4 Å². The first kappa shape index (κ1) is 43.4. The lowest BCUT2D eigenvalue weighted by molar-refractivity contribution is -0.145. The lowest BCUT2D eigenvalue weighted by Gasteiger charge is -2.41. The molecule has 14 nitrogen and oxygen atoms in total. The quantitative estimate of drug-likeness (QED) is 0.241. The molecule has 3 N–H and O–H groups in total. The Morgan fingerprint density at radius 2 is 1.80 bits per heavy atom. The van der Waals surface area contributed by atoms with Gasteiger partial charge in [-0.2, -0.15) is 13.2 Å². The number of fused-ring (bicyclic) bond motifs is 5. The number of rotatable bonds is 5. The molecule has 5 aliphatic rings. The van der Waals surface area contributed by atoms with Gasteiger partial charge in [-0.05, 0) is 84.4 Å². The summed E-state index contributed by atoms with van der Waals surface area (Å²) in [5.41, 5.74) is -6.76. The van der Waals surface area contributed by atoms with Crippen LogP contribution in [-0.4, -0.2) is 89.3 Å². The molecule has 4 amide bonds.